The molecule has 7 heteroatoms. The van der Waals surface area contributed by atoms with E-state index in [1.54, 1.807) is 23.5 Å². The van der Waals surface area contributed by atoms with E-state index in [9.17, 15) is 14.0 Å². The maximum atomic E-state index is 14.1. The summed E-state index contributed by atoms with van der Waals surface area (Å²) in [4.78, 5) is 33.9. The largest absolute Gasteiger partial charge is 0.340 e. The van der Waals surface area contributed by atoms with Crippen LogP contribution in [0.5, 0.6) is 0 Å². The quantitative estimate of drug-likeness (QED) is 0.400. The molecule has 38 heavy (non-hydrogen) atoms. The average Bonchev–Trinajstić information content (AvgIpc) is 3.27. The predicted molar refractivity (Wildman–Crippen MR) is 150 cm³/mol. The van der Waals surface area contributed by atoms with Gasteiger partial charge in [0.25, 0.3) is 5.91 Å². The number of aryl methyl sites for hydroxylation is 1. The number of benzene rings is 2. The number of rotatable bonds is 7. The van der Waals surface area contributed by atoms with Crippen molar-refractivity contribution < 1.29 is 14.0 Å². The van der Waals surface area contributed by atoms with E-state index in [1.807, 2.05) is 28.0 Å². The Hall–Kier alpha value is -3.03. The number of amides is 2. The Bertz CT molecular complexity index is 1260. The van der Waals surface area contributed by atoms with E-state index in [-0.39, 0.29) is 30.2 Å². The molecule has 0 bridgehead atoms. The summed E-state index contributed by atoms with van der Waals surface area (Å²) in [5.74, 6) is -0.155. The van der Waals surface area contributed by atoms with Crippen molar-refractivity contribution in [2.24, 2.45) is 0 Å². The molecule has 0 aliphatic carbocycles. The van der Waals surface area contributed by atoms with Crippen molar-refractivity contribution >= 4 is 23.2 Å². The van der Waals surface area contributed by atoms with Crippen LogP contribution in [-0.4, -0.2) is 65.8 Å². The molecule has 2 aliphatic heterocycles. The van der Waals surface area contributed by atoms with Crippen LogP contribution >= 0.6 is 11.3 Å². The van der Waals surface area contributed by atoms with Crippen molar-refractivity contribution in [3.05, 3.63) is 92.9 Å². The summed E-state index contributed by atoms with van der Waals surface area (Å²) >= 11 is 1.73. The minimum Gasteiger partial charge on any atom is -0.340 e. The third kappa shape index (κ3) is 6.00. The highest BCUT2D eigenvalue weighted by Gasteiger charge is 2.32. The predicted octanol–water partition coefficient (Wildman–Crippen LogP) is 5.55. The molecular weight excluding hydrogens is 497 g/mol. The van der Waals surface area contributed by atoms with E-state index < -0.39 is 0 Å². The molecule has 3 aromatic rings. The molecule has 2 aromatic carbocycles. The van der Waals surface area contributed by atoms with Crippen LogP contribution in [0.2, 0.25) is 0 Å². The summed E-state index contributed by atoms with van der Waals surface area (Å²) < 4.78 is 14.1. The first-order valence-electron chi connectivity index (χ1n) is 13.7. The smallest absolute Gasteiger partial charge is 0.253 e. The number of halogens is 1. The normalized spacial score (nSPS) is 18.2. The molecule has 2 amide bonds. The lowest BCUT2D eigenvalue weighted by molar-refractivity contribution is -0.132. The van der Waals surface area contributed by atoms with Crippen LogP contribution in [-0.2, 0) is 17.6 Å². The molecule has 5 nitrogen and oxygen atoms in total. The summed E-state index contributed by atoms with van der Waals surface area (Å²) in [5.41, 5.74) is 4.03. The Morgan fingerprint density at radius 2 is 1.76 bits per heavy atom. The van der Waals surface area contributed by atoms with Gasteiger partial charge in [-0.3, -0.25) is 14.5 Å². The molecule has 0 unspecified atom stereocenters. The molecule has 2 aliphatic rings. The van der Waals surface area contributed by atoms with E-state index in [4.69, 9.17) is 0 Å². The van der Waals surface area contributed by atoms with Crippen LogP contribution in [0, 0.1) is 5.82 Å². The maximum Gasteiger partial charge on any atom is 0.253 e. The van der Waals surface area contributed by atoms with Gasteiger partial charge in [-0.05, 0) is 78.1 Å². The molecule has 3 heterocycles. The van der Waals surface area contributed by atoms with Crippen LogP contribution in [0.4, 0.5) is 4.39 Å². The van der Waals surface area contributed by atoms with Crippen LogP contribution in [0.1, 0.15) is 64.2 Å². The first-order valence-corrected chi connectivity index (χ1v) is 14.6. The van der Waals surface area contributed by atoms with Gasteiger partial charge in [0.1, 0.15) is 5.82 Å². The number of carbonyl (C=O) groups excluding carboxylic acids is 2. The van der Waals surface area contributed by atoms with Gasteiger partial charge in [-0.25, -0.2) is 4.39 Å². The van der Waals surface area contributed by atoms with Crippen molar-refractivity contribution in [2.45, 2.75) is 45.1 Å². The maximum absolute atomic E-state index is 14.1. The number of hydrogen-bond donors (Lipinski definition) is 0. The average molecular weight is 534 g/mol. The van der Waals surface area contributed by atoms with E-state index in [2.05, 4.69) is 35.4 Å². The number of carbonyl (C=O) groups is 2. The highest BCUT2D eigenvalue weighted by Crippen LogP contribution is 2.37. The number of unbranched alkanes of at least 4 members (excludes halogenated alkanes) is 1. The summed E-state index contributed by atoms with van der Waals surface area (Å²) in [5, 5.41) is 2.08. The van der Waals surface area contributed by atoms with Gasteiger partial charge in [-0.1, -0.05) is 37.6 Å². The molecule has 1 fully saturated rings. The van der Waals surface area contributed by atoms with E-state index in [0.29, 0.717) is 31.7 Å². The minimum atomic E-state index is -0.260. The molecule has 0 spiro atoms. The molecule has 0 N–H and O–H groups in total. The zero-order valence-electron chi connectivity index (χ0n) is 22.1. The van der Waals surface area contributed by atoms with E-state index in [0.717, 1.165) is 44.2 Å². The molecule has 1 saturated heterocycles. The van der Waals surface area contributed by atoms with E-state index in [1.165, 1.54) is 22.1 Å². The minimum absolute atomic E-state index is 0.0357. The van der Waals surface area contributed by atoms with Gasteiger partial charge in [0.2, 0.25) is 5.91 Å². The van der Waals surface area contributed by atoms with Gasteiger partial charge >= 0.3 is 0 Å². The molecule has 1 atom stereocenters. The van der Waals surface area contributed by atoms with Gasteiger partial charge in [-0.15, -0.1) is 11.3 Å². The second-order valence-electron chi connectivity index (χ2n) is 10.3. The number of nitrogens with zero attached hydrogens (tertiary/aromatic N) is 3. The molecular formula is C31H36FN3O2S. The van der Waals surface area contributed by atoms with Gasteiger partial charge in [-0.2, -0.15) is 0 Å². The Morgan fingerprint density at radius 3 is 2.55 bits per heavy atom. The SMILES string of the molecule is CCCCc1ccc(C(=O)N2CCCN(C(=O)CN3CCc4sccc4[C@H]3c3cccc(F)c3)CC2)cc1. The van der Waals surface area contributed by atoms with Gasteiger partial charge in [0.05, 0.1) is 12.6 Å². The molecule has 1 aromatic heterocycles. The lowest BCUT2D eigenvalue weighted by Gasteiger charge is -2.37. The fraction of sp³-hybridized carbons (Fsp3) is 0.419. The first kappa shape index (κ1) is 26.6. The molecule has 200 valence electrons. The van der Waals surface area contributed by atoms with Crippen LogP contribution in [0.25, 0.3) is 0 Å². The Labute approximate surface area is 228 Å². The third-order valence-electron chi connectivity index (χ3n) is 7.72. The zero-order chi connectivity index (χ0) is 26.5. The Morgan fingerprint density at radius 1 is 0.974 bits per heavy atom. The second-order valence-corrected chi connectivity index (χ2v) is 11.3. The number of thiophene rings is 1. The lowest BCUT2D eigenvalue weighted by atomic mass is 9.93. The number of hydrogen-bond acceptors (Lipinski definition) is 4. The molecule has 5 rings (SSSR count). The summed E-state index contributed by atoms with van der Waals surface area (Å²) in [6.45, 7) is 5.57. The van der Waals surface area contributed by atoms with Crippen molar-refractivity contribution in [1.29, 1.82) is 0 Å². The highest BCUT2D eigenvalue weighted by atomic mass is 32.1. The van der Waals surface area contributed by atoms with Gasteiger partial charge < -0.3 is 9.80 Å². The van der Waals surface area contributed by atoms with Crippen molar-refractivity contribution in [3.63, 3.8) is 0 Å². The lowest BCUT2D eigenvalue weighted by Crippen LogP contribution is -2.45. The Balaban J connectivity index is 1.23. The zero-order valence-corrected chi connectivity index (χ0v) is 22.9. The summed E-state index contributed by atoms with van der Waals surface area (Å²) in [6, 6.07) is 16.7. The highest BCUT2D eigenvalue weighted by molar-refractivity contribution is 7.10. The van der Waals surface area contributed by atoms with Crippen molar-refractivity contribution in [2.75, 3.05) is 39.3 Å². The fourth-order valence-electron chi connectivity index (χ4n) is 5.63. The van der Waals surface area contributed by atoms with Gasteiger partial charge in [0, 0.05) is 43.2 Å². The topological polar surface area (TPSA) is 43.9 Å². The first-order chi connectivity index (χ1) is 18.5. The van der Waals surface area contributed by atoms with Gasteiger partial charge in [0.15, 0.2) is 0 Å². The Kier molecular flexibility index (Phi) is 8.55. The monoisotopic (exact) mass is 533 g/mol. The second kappa shape index (κ2) is 12.2. The van der Waals surface area contributed by atoms with Crippen molar-refractivity contribution in [1.82, 2.24) is 14.7 Å². The standard InChI is InChI=1S/C31H36FN3O2S/c1-2-3-6-23-9-11-24(12-10-23)31(37)34-16-5-15-33(18-19-34)29(36)22-35-17-13-28-27(14-20-38-28)30(35)25-7-4-8-26(32)21-25/h4,7-12,14,20-21,30H,2-3,5-6,13,15-19,22H2,1H3/t30-/m1/s1. The summed E-state index contributed by atoms with van der Waals surface area (Å²) in [6.07, 6.45) is 5.00. The fourth-order valence-corrected chi connectivity index (χ4v) is 6.53. The molecule has 0 radical (unpaired) electrons. The van der Waals surface area contributed by atoms with Crippen molar-refractivity contribution in [3.8, 4) is 0 Å². The van der Waals surface area contributed by atoms with E-state index >= 15 is 0 Å². The third-order valence-corrected chi connectivity index (χ3v) is 8.72. The molecule has 0 saturated carbocycles. The van der Waals surface area contributed by atoms with Crippen LogP contribution < -0.4 is 0 Å². The number of fused-ring (bicyclic) bond motifs is 1. The summed E-state index contributed by atoms with van der Waals surface area (Å²) in [7, 11) is 0. The van der Waals surface area contributed by atoms with Crippen LogP contribution in [0.3, 0.4) is 0 Å². The van der Waals surface area contributed by atoms with Crippen LogP contribution in [0.15, 0.2) is 60.0 Å².